The summed E-state index contributed by atoms with van der Waals surface area (Å²) in [4.78, 5) is 3.76. The molecule has 0 saturated heterocycles. The van der Waals surface area contributed by atoms with Gasteiger partial charge in [-0.2, -0.15) is 13.2 Å². The predicted octanol–water partition coefficient (Wildman–Crippen LogP) is 2.82. The predicted molar refractivity (Wildman–Crippen MR) is 61.1 cm³/mol. The van der Waals surface area contributed by atoms with Crippen LogP contribution >= 0.6 is 0 Å². The highest BCUT2D eigenvalue weighted by Gasteiger charge is 2.34. The van der Waals surface area contributed by atoms with Gasteiger partial charge in [0.1, 0.15) is 5.82 Å². The summed E-state index contributed by atoms with van der Waals surface area (Å²) in [5.74, 6) is -0.119. The Morgan fingerprint density at radius 1 is 1.22 bits per heavy atom. The Morgan fingerprint density at radius 3 is 2.50 bits per heavy atom. The molecule has 3 nitrogen and oxygen atoms in total. The SMILES string of the molecule is OC1CCC(Nc2ncccc2C(F)(F)F)CC1. The second kappa shape index (κ2) is 5.14. The Kier molecular flexibility index (Phi) is 3.75. The fraction of sp³-hybridized carbons (Fsp3) is 0.583. The van der Waals surface area contributed by atoms with Crippen molar-refractivity contribution in [2.45, 2.75) is 44.0 Å². The third-order valence-electron chi connectivity index (χ3n) is 3.15. The molecule has 1 aliphatic carbocycles. The number of nitrogens with zero attached hydrogens (tertiary/aromatic N) is 1. The molecule has 18 heavy (non-hydrogen) atoms. The number of aliphatic hydroxyl groups excluding tert-OH is 1. The van der Waals surface area contributed by atoms with E-state index in [1.54, 1.807) is 0 Å². The summed E-state index contributed by atoms with van der Waals surface area (Å²) in [5, 5.41) is 12.2. The average Bonchev–Trinajstić information content (AvgIpc) is 2.31. The Balaban J connectivity index is 2.10. The number of anilines is 1. The zero-order valence-electron chi connectivity index (χ0n) is 9.74. The summed E-state index contributed by atoms with van der Waals surface area (Å²) in [6.45, 7) is 0. The van der Waals surface area contributed by atoms with E-state index in [0.717, 1.165) is 6.07 Å². The van der Waals surface area contributed by atoms with E-state index in [1.165, 1.54) is 12.3 Å². The number of halogens is 3. The minimum atomic E-state index is -4.40. The van der Waals surface area contributed by atoms with Gasteiger partial charge < -0.3 is 10.4 Å². The summed E-state index contributed by atoms with van der Waals surface area (Å²) >= 11 is 0. The van der Waals surface area contributed by atoms with Crippen molar-refractivity contribution in [3.05, 3.63) is 23.9 Å². The number of hydrogen-bond donors (Lipinski definition) is 2. The number of rotatable bonds is 2. The van der Waals surface area contributed by atoms with Gasteiger partial charge in [0.25, 0.3) is 0 Å². The number of aliphatic hydroxyl groups is 1. The Hall–Kier alpha value is -1.30. The van der Waals surface area contributed by atoms with E-state index in [-0.39, 0.29) is 18.0 Å². The smallest absolute Gasteiger partial charge is 0.393 e. The first kappa shape index (κ1) is 13.1. The monoisotopic (exact) mass is 260 g/mol. The van der Waals surface area contributed by atoms with Crippen LogP contribution in [-0.4, -0.2) is 22.2 Å². The highest BCUT2D eigenvalue weighted by molar-refractivity contribution is 5.46. The van der Waals surface area contributed by atoms with Crippen LogP contribution in [0.15, 0.2) is 18.3 Å². The molecule has 1 heterocycles. The minimum Gasteiger partial charge on any atom is -0.393 e. The molecule has 0 amide bonds. The number of alkyl halides is 3. The fourth-order valence-corrected chi connectivity index (χ4v) is 2.16. The van der Waals surface area contributed by atoms with E-state index in [0.29, 0.717) is 25.7 Å². The molecule has 2 N–H and O–H groups in total. The lowest BCUT2D eigenvalue weighted by Crippen LogP contribution is -2.29. The first-order chi connectivity index (χ1) is 8.47. The Bertz CT molecular complexity index is 401. The van der Waals surface area contributed by atoms with Gasteiger partial charge in [0.05, 0.1) is 11.7 Å². The van der Waals surface area contributed by atoms with E-state index < -0.39 is 11.7 Å². The van der Waals surface area contributed by atoms with Crippen LogP contribution in [0, 0.1) is 0 Å². The van der Waals surface area contributed by atoms with Crippen molar-refractivity contribution < 1.29 is 18.3 Å². The molecule has 0 atom stereocenters. The fourth-order valence-electron chi connectivity index (χ4n) is 2.16. The van der Waals surface area contributed by atoms with Crippen molar-refractivity contribution in [3.63, 3.8) is 0 Å². The molecule has 0 aliphatic heterocycles. The molecule has 0 aromatic carbocycles. The number of pyridine rings is 1. The van der Waals surface area contributed by atoms with Crippen molar-refractivity contribution in [1.82, 2.24) is 4.98 Å². The first-order valence-electron chi connectivity index (χ1n) is 5.93. The number of aromatic nitrogens is 1. The van der Waals surface area contributed by atoms with Crippen LogP contribution in [0.25, 0.3) is 0 Å². The normalized spacial score (nSPS) is 24.9. The van der Waals surface area contributed by atoms with Crippen LogP contribution in [0.3, 0.4) is 0 Å². The van der Waals surface area contributed by atoms with Gasteiger partial charge in [0, 0.05) is 12.2 Å². The largest absolute Gasteiger partial charge is 0.419 e. The lowest BCUT2D eigenvalue weighted by atomic mass is 9.93. The maximum Gasteiger partial charge on any atom is 0.419 e. The summed E-state index contributed by atoms with van der Waals surface area (Å²) < 4.78 is 38.2. The highest BCUT2D eigenvalue weighted by Crippen LogP contribution is 2.34. The summed E-state index contributed by atoms with van der Waals surface area (Å²) in [6.07, 6.45) is -0.823. The third kappa shape index (κ3) is 3.13. The van der Waals surface area contributed by atoms with Crippen molar-refractivity contribution in [2.75, 3.05) is 5.32 Å². The standard InChI is InChI=1S/C12H15F3N2O/c13-12(14,15)10-2-1-7-16-11(10)17-8-3-5-9(18)6-4-8/h1-2,7-9,18H,3-6H2,(H,16,17). The second-order valence-corrected chi connectivity index (χ2v) is 4.55. The zero-order chi connectivity index (χ0) is 13.2. The van der Waals surface area contributed by atoms with Gasteiger partial charge in [-0.1, -0.05) is 0 Å². The average molecular weight is 260 g/mol. The van der Waals surface area contributed by atoms with Crippen molar-refractivity contribution in [1.29, 1.82) is 0 Å². The molecule has 0 spiro atoms. The molecule has 2 rings (SSSR count). The maximum atomic E-state index is 12.7. The minimum absolute atomic E-state index is 0.0515. The first-order valence-corrected chi connectivity index (χ1v) is 5.93. The van der Waals surface area contributed by atoms with Crippen LogP contribution in [0.4, 0.5) is 19.0 Å². The number of hydrogen-bond acceptors (Lipinski definition) is 3. The van der Waals surface area contributed by atoms with Crippen LogP contribution < -0.4 is 5.32 Å². The van der Waals surface area contributed by atoms with Gasteiger partial charge in [-0.25, -0.2) is 4.98 Å². The molecule has 0 radical (unpaired) electrons. The topological polar surface area (TPSA) is 45.1 Å². The Morgan fingerprint density at radius 2 is 1.89 bits per heavy atom. The van der Waals surface area contributed by atoms with E-state index in [1.807, 2.05) is 0 Å². The highest BCUT2D eigenvalue weighted by atomic mass is 19.4. The molecule has 1 saturated carbocycles. The third-order valence-corrected chi connectivity index (χ3v) is 3.15. The van der Waals surface area contributed by atoms with E-state index in [2.05, 4.69) is 10.3 Å². The van der Waals surface area contributed by atoms with Gasteiger partial charge in [0.2, 0.25) is 0 Å². The maximum absolute atomic E-state index is 12.7. The van der Waals surface area contributed by atoms with Gasteiger partial charge in [0.15, 0.2) is 0 Å². The van der Waals surface area contributed by atoms with Crippen LogP contribution in [0.1, 0.15) is 31.2 Å². The Labute approximate surface area is 103 Å². The quantitative estimate of drug-likeness (QED) is 0.859. The molecule has 1 fully saturated rings. The van der Waals surface area contributed by atoms with Gasteiger partial charge in [-0.05, 0) is 37.8 Å². The van der Waals surface area contributed by atoms with Crippen LogP contribution in [-0.2, 0) is 6.18 Å². The molecule has 0 unspecified atom stereocenters. The van der Waals surface area contributed by atoms with E-state index in [9.17, 15) is 18.3 Å². The lowest BCUT2D eigenvalue weighted by molar-refractivity contribution is -0.137. The molecular formula is C12H15F3N2O. The molecule has 0 bridgehead atoms. The van der Waals surface area contributed by atoms with Gasteiger partial charge >= 0.3 is 6.18 Å². The van der Waals surface area contributed by atoms with Crippen molar-refractivity contribution in [2.24, 2.45) is 0 Å². The summed E-state index contributed by atoms with van der Waals surface area (Å²) in [7, 11) is 0. The lowest BCUT2D eigenvalue weighted by Gasteiger charge is -2.27. The molecule has 1 aromatic rings. The summed E-state index contributed by atoms with van der Waals surface area (Å²) in [5.41, 5.74) is -0.740. The molecule has 1 aromatic heterocycles. The van der Waals surface area contributed by atoms with Gasteiger partial charge in [-0.15, -0.1) is 0 Å². The van der Waals surface area contributed by atoms with Crippen LogP contribution in [0.5, 0.6) is 0 Å². The van der Waals surface area contributed by atoms with E-state index in [4.69, 9.17) is 0 Å². The zero-order valence-corrected chi connectivity index (χ0v) is 9.74. The van der Waals surface area contributed by atoms with Crippen LogP contribution in [0.2, 0.25) is 0 Å². The molecule has 100 valence electrons. The van der Waals surface area contributed by atoms with Crippen molar-refractivity contribution in [3.8, 4) is 0 Å². The molecular weight excluding hydrogens is 245 g/mol. The summed E-state index contributed by atoms with van der Waals surface area (Å²) in [6, 6.07) is 2.25. The van der Waals surface area contributed by atoms with E-state index >= 15 is 0 Å². The van der Waals surface area contributed by atoms with Crippen molar-refractivity contribution >= 4 is 5.82 Å². The second-order valence-electron chi connectivity index (χ2n) is 4.55. The van der Waals surface area contributed by atoms with Gasteiger partial charge in [-0.3, -0.25) is 0 Å². The molecule has 1 aliphatic rings. The molecule has 6 heteroatoms. The number of nitrogens with one attached hydrogen (secondary N) is 1.